The highest BCUT2D eigenvalue weighted by Crippen LogP contribution is 2.33. The Morgan fingerprint density at radius 2 is 2.20 bits per heavy atom. The number of benzene rings is 1. The molecule has 15 heavy (non-hydrogen) atoms. The summed E-state index contributed by atoms with van der Waals surface area (Å²) in [6.45, 7) is 3.44. The van der Waals surface area contributed by atoms with Gasteiger partial charge in [0.15, 0.2) is 11.5 Å². The van der Waals surface area contributed by atoms with Crippen molar-refractivity contribution in [1.29, 1.82) is 0 Å². The third-order valence-corrected chi connectivity index (χ3v) is 2.63. The lowest BCUT2D eigenvalue weighted by atomic mass is 9.88. The van der Waals surface area contributed by atoms with Crippen LogP contribution in [-0.2, 0) is 5.60 Å². The first kappa shape index (κ1) is 10.3. The van der Waals surface area contributed by atoms with E-state index in [1.165, 1.54) is 0 Å². The highest BCUT2D eigenvalue weighted by molar-refractivity contribution is 5.44. The second-order valence-electron chi connectivity index (χ2n) is 3.75. The molecule has 0 bridgehead atoms. The molecular weight excluding hydrogens is 194 g/mol. The van der Waals surface area contributed by atoms with Gasteiger partial charge in [-0.05, 0) is 24.6 Å². The predicted molar refractivity (Wildman–Crippen MR) is 56.0 cm³/mol. The highest BCUT2D eigenvalue weighted by atomic mass is 16.5. The van der Waals surface area contributed by atoms with Crippen LogP contribution >= 0.6 is 0 Å². The predicted octanol–water partition coefficient (Wildman–Crippen LogP) is 0.582. The van der Waals surface area contributed by atoms with Gasteiger partial charge >= 0.3 is 0 Å². The molecule has 0 atom stereocenters. The first-order valence-corrected chi connectivity index (χ1v) is 5.05. The van der Waals surface area contributed by atoms with Crippen molar-refractivity contribution < 1.29 is 14.9 Å². The minimum Gasteiger partial charge on any atom is -0.504 e. The number of hydrogen-bond acceptors (Lipinski definition) is 4. The number of aliphatic hydroxyl groups is 1. The maximum absolute atomic E-state index is 10.1. The Hall–Kier alpha value is -1.26. The van der Waals surface area contributed by atoms with Crippen molar-refractivity contribution in [2.24, 2.45) is 0 Å². The Labute approximate surface area is 88.5 Å². The molecule has 4 heteroatoms. The average molecular weight is 209 g/mol. The molecule has 3 N–H and O–H groups in total. The van der Waals surface area contributed by atoms with Gasteiger partial charge in [0.05, 0.1) is 6.61 Å². The van der Waals surface area contributed by atoms with Crippen LogP contribution in [0.15, 0.2) is 18.2 Å². The third kappa shape index (κ3) is 1.78. The van der Waals surface area contributed by atoms with Crippen LogP contribution in [-0.4, -0.2) is 29.9 Å². The zero-order valence-electron chi connectivity index (χ0n) is 8.66. The van der Waals surface area contributed by atoms with Crippen molar-refractivity contribution in [2.45, 2.75) is 12.5 Å². The molecule has 0 aromatic heterocycles. The molecule has 1 saturated heterocycles. The lowest BCUT2D eigenvalue weighted by molar-refractivity contribution is -0.0148. The van der Waals surface area contributed by atoms with Gasteiger partial charge < -0.3 is 20.3 Å². The van der Waals surface area contributed by atoms with Crippen LogP contribution < -0.4 is 10.1 Å². The second-order valence-corrected chi connectivity index (χ2v) is 3.75. The lowest BCUT2D eigenvalue weighted by Crippen LogP contribution is -2.56. The fourth-order valence-electron chi connectivity index (χ4n) is 1.64. The fourth-order valence-corrected chi connectivity index (χ4v) is 1.64. The molecule has 82 valence electrons. The van der Waals surface area contributed by atoms with E-state index >= 15 is 0 Å². The summed E-state index contributed by atoms with van der Waals surface area (Å²) in [6.07, 6.45) is 0. The smallest absolute Gasteiger partial charge is 0.161 e. The van der Waals surface area contributed by atoms with Gasteiger partial charge in [-0.3, -0.25) is 0 Å². The third-order valence-electron chi connectivity index (χ3n) is 2.63. The van der Waals surface area contributed by atoms with Gasteiger partial charge in [0.2, 0.25) is 0 Å². The molecule has 0 radical (unpaired) electrons. The summed E-state index contributed by atoms with van der Waals surface area (Å²) >= 11 is 0. The molecule has 0 unspecified atom stereocenters. The summed E-state index contributed by atoms with van der Waals surface area (Å²) < 4.78 is 5.26. The van der Waals surface area contributed by atoms with E-state index in [9.17, 15) is 10.2 Å². The van der Waals surface area contributed by atoms with Gasteiger partial charge in [0, 0.05) is 13.1 Å². The van der Waals surface area contributed by atoms with Crippen molar-refractivity contribution in [3.63, 3.8) is 0 Å². The van der Waals surface area contributed by atoms with Gasteiger partial charge in [0.25, 0.3) is 0 Å². The molecule has 1 aromatic carbocycles. The molecule has 2 rings (SSSR count). The quantitative estimate of drug-likeness (QED) is 0.681. The van der Waals surface area contributed by atoms with Gasteiger partial charge in [-0.1, -0.05) is 6.07 Å². The highest BCUT2D eigenvalue weighted by Gasteiger charge is 2.36. The van der Waals surface area contributed by atoms with E-state index in [2.05, 4.69) is 5.32 Å². The summed E-state index contributed by atoms with van der Waals surface area (Å²) in [5.74, 6) is 0.534. The van der Waals surface area contributed by atoms with E-state index in [-0.39, 0.29) is 5.75 Å². The first-order valence-electron chi connectivity index (χ1n) is 5.05. The Bertz CT molecular complexity index is 361. The summed E-state index contributed by atoms with van der Waals surface area (Å²) in [5.41, 5.74) is -0.0259. The molecule has 1 aliphatic rings. The maximum Gasteiger partial charge on any atom is 0.161 e. The van der Waals surface area contributed by atoms with E-state index in [4.69, 9.17) is 4.74 Å². The minimum atomic E-state index is -0.806. The number of rotatable bonds is 3. The number of phenolic OH excluding ortho intramolecular Hbond substituents is 1. The van der Waals surface area contributed by atoms with Crippen LogP contribution in [0.2, 0.25) is 0 Å². The van der Waals surface area contributed by atoms with Gasteiger partial charge in [-0.2, -0.15) is 0 Å². The molecule has 4 nitrogen and oxygen atoms in total. The molecule has 0 spiro atoms. The van der Waals surface area contributed by atoms with E-state index in [1.807, 2.05) is 6.92 Å². The Morgan fingerprint density at radius 3 is 2.73 bits per heavy atom. The zero-order chi connectivity index (χ0) is 10.9. The van der Waals surface area contributed by atoms with Gasteiger partial charge in [0.1, 0.15) is 5.60 Å². The molecule has 0 amide bonds. The number of nitrogens with one attached hydrogen (secondary N) is 1. The molecule has 1 aromatic rings. The summed E-state index contributed by atoms with van der Waals surface area (Å²) in [6, 6.07) is 4.97. The van der Waals surface area contributed by atoms with Crippen molar-refractivity contribution in [3.8, 4) is 11.5 Å². The zero-order valence-corrected chi connectivity index (χ0v) is 8.66. The standard InChI is InChI=1S/C11H15NO3/c1-2-15-10-5-8(3-4-9(10)13)11(14)6-12-7-11/h3-5,12-14H,2,6-7H2,1H3. The number of hydrogen-bond donors (Lipinski definition) is 3. The second kappa shape index (κ2) is 3.72. The van der Waals surface area contributed by atoms with E-state index < -0.39 is 5.60 Å². The van der Waals surface area contributed by atoms with Crippen molar-refractivity contribution in [2.75, 3.05) is 19.7 Å². The summed E-state index contributed by atoms with van der Waals surface area (Å²) in [5, 5.41) is 22.6. The lowest BCUT2D eigenvalue weighted by Gasteiger charge is -2.38. The van der Waals surface area contributed by atoms with Crippen molar-refractivity contribution >= 4 is 0 Å². The molecule has 1 aliphatic heterocycles. The number of phenols is 1. The van der Waals surface area contributed by atoms with Gasteiger partial charge in [-0.15, -0.1) is 0 Å². The maximum atomic E-state index is 10.1. The number of β-amino-alcohol motifs (C(OH)–C–C–N with tert-alkyl or cyclic N) is 1. The summed E-state index contributed by atoms with van der Waals surface area (Å²) in [7, 11) is 0. The molecule has 1 fully saturated rings. The Morgan fingerprint density at radius 1 is 1.47 bits per heavy atom. The minimum absolute atomic E-state index is 0.108. The van der Waals surface area contributed by atoms with Crippen LogP contribution in [0.3, 0.4) is 0 Å². The molecule has 0 aliphatic carbocycles. The molecular formula is C11H15NO3. The SMILES string of the molecule is CCOc1cc(C2(O)CNC2)ccc1O. The normalized spacial score (nSPS) is 18.3. The van der Waals surface area contributed by atoms with E-state index in [0.717, 1.165) is 5.56 Å². The van der Waals surface area contributed by atoms with Gasteiger partial charge in [-0.25, -0.2) is 0 Å². The van der Waals surface area contributed by atoms with Crippen molar-refractivity contribution in [3.05, 3.63) is 23.8 Å². The summed E-state index contributed by atoms with van der Waals surface area (Å²) in [4.78, 5) is 0. The Kier molecular flexibility index (Phi) is 2.54. The number of ether oxygens (including phenoxy) is 1. The van der Waals surface area contributed by atoms with Crippen molar-refractivity contribution in [1.82, 2.24) is 5.32 Å². The largest absolute Gasteiger partial charge is 0.504 e. The van der Waals surface area contributed by atoms with Crippen LogP contribution in [0.1, 0.15) is 12.5 Å². The monoisotopic (exact) mass is 209 g/mol. The van der Waals surface area contributed by atoms with E-state index in [0.29, 0.717) is 25.4 Å². The fraction of sp³-hybridized carbons (Fsp3) is 0.455. The Balaban J connectivity index is 2.29. The van der Waals surface area contributed by atoms with Crippen LogP contribution in [0.25, 0.3) is 0 Å². The first-order chi connectivity index (χ1) is 7.15. The topological polar surface area (TPSA) is 61.7 Å². The van der Waals surface area contributed by atoms with Crippen LogP contribution in [0.4, 0.5) is 0 Å². The number of aromatic hydroxyl groups is 1. The average Bonchev–Trinajstić information content (AvgIpc) is 2.18. The van der Waals surface area contributed by atoms with E-state index in [1.54, 1.807) is 18.2 Å². The molecule has 1 heterocycles. The van der Waals surface area contributed by atoms with Crippen LogP contribution in [0.5, 0.6) is 11.5 Å². The molecule has 0 saturated carbocycles. The van der Waals surface area contributed by atoms with Crippen LogP contribution in [0, 0.1) is 0 Å².